The minimum absolute atomic E-state index is 0.0338. The maximum Gasteiger partial charge on any atom is 0.269 e. The van der Waals surface area contributed by atoms with E-state index in [1.807, 2.05) is 55.5 Å². The molecule has 9 nitrogen and oxygen atoms in total. The normalized spacial score (nSPS) is 12.3. The molecule has 0 saturated heterocycles. The lowest BCUT2D eigenvalue weighted by molar-refractivity contribution is -0.385. The summed E-state index contributed by atoms with van der Waals surface area (Å²) in [5.74, 6) is -0.143. The number of benzene rings is 4. The zero-order valence-corrected chi connectivity index (χ0v) is 24.5. The van der Waals surface area contributed by atoms with Gasteiger partial charge in [-0.05, 0) is 102 Å². The molecule has 0 bridgehead atoms. The van der Waals surface area contributed by atoms with Crippen LogP contribution in [0.15, 0.2) is 106 Å². The molecule has 1 aliphatic rings. The van der Waals surface area contributed by atoms with Crippen molar-refractivity contribution in [2.24, 2.45) is 5.18 Å². The van der Waals surface area contributed by atoms with Gasteiger partial charge in [0.15, 0.2) is 0 Å². The van der Waals surface area contributed by atoms with Crippen LogP contribution in [0.25, 0.3) is 0 Å². The van der Waals surface area contributed by atoms with Gasteiger partial charge in [0.1, 0.15) is 5.69 Å². The summed E-state index contributed by atoms with van der Waals surface area (Å²) in [4.78, 5) is 53.1. The Morgan fingerprint density at radius 3 is 2.16 bits per heavy atom. The standard InChI is InChI=1S/C33H30N4O5S/c1-2-35(19-17-23-3-10-28(34-40)11-4-23)32(38)25-6-13-30(14-7-25)43-31-15-8-26(9-16-31)33(39)36-20-18-24-5-12-29(37(41)42)21-27(24)22-36/h3-16,21H,2,17-20,22H2,1H3. The first-order valence-electron chi connectivity index (χ1n) is 14.0. The number of rotatable bonds is 10. The topological polar surface area (TPSA) is 113 Å². The van der Waals surface area contributed by atoms with E-state index in [4.69, 9.17) is 0 Å². The fourth-order valence-electron chi connectivity index (χ4n) is 5.05. The number of nitro benzene ring substituents is 1. The van der Waals surface area contributed by atoms with E-state index in [1.54, 1.807) is 58.0 Å². The molecule has 5 rings (SSSR count). The zero-order valence-electron chi connectivity index (χ0n) is 23.6. The van der Waals surface area contributed by atoms with Gasteiger partial charge in [0.05, 0.1) is 4.92 Å². The van der Waals surface area contributed by atoms with Crippen molar-refractivity contribution in [3.05, 3.63) is 134 Å². The van der Waals surface area contributed by atoms with Crippen molar-refractivity contribution in [2.75, 3.05) is 19.6 Å². The average molecular weight is 595 g/mol. The van der Waals surface area contributed by atoms with Crippen LogP contribution in [0, 0.1) is 15.0 Å². The summed E-state index contributed by atoms with van der Waals surface area (Å²) in [5.41, 5.74) is 4.48. The molecule has 218 valence electrons. The summed E-state index contributed by atoms with van der Waals surface area (Å²) in [7, 11) is 0. The number of nitroso groups, excluding NO2 is 1. The van der Waals surface area contributed by atoms with E-state index in [1.165, 1.54) is 6.07 Å². The Balaban J connectivity index is 1.16. The highest BCUT2D eigenvalue weighted by molar-refractivity contribution is 7.99. The highest BCUT2D eigenvalue weighted by Gasteiger charge is 2.23. The molecule has 4 aromatic rings. The molecular weight excluding hydrogens is 564 g/mol. The molecule has 1 aliphatic heterocycles. The SMILES string of the molecule is CCN(CCc1ccc(N=O)cc1)C(=O)c1ccc(Sc2ccc(C(=O)N3CCc4ccc([N+](=O)[O-])cc4C3)cc2)cc1. The molecule has 0 N–H and O–H groups in total. The van der Waals surface area contributed by atoms with E-state index in [-0.39, 0.29) is 17.5 Å². The molecule has 0 fully saturated rings. The molecule has 1 heterocycles. The zero-order chi connectivity index (χ0) is 30.3. The van der Waals surface area contributed by atoms with Crippen LogP contribution in [-0.2, 0) is 19.4 Å². The second-order valence-corrected chi connectivity index (χ2v) is 11.4. The fraction of sp³-hybridized carbons (Fsp3) is 0.212. The van der Waals surface area contributed by atoms with Crippen molar-refractivity contribution >= 4 is 35.0 Å². The number of nitrogens with zero attached hydrogens (tertiary/aromatic N) is 4. The van der Waals surface area contributed by atoms with Crippen molar-refractivity contribution in [2.45, 2.75) is 36.1 Å². The Bertz CT molecular complexity index is 1640. The van der Waals surface area contributed by atoms with Gasteiger partial charge in [-0.3, -0.25) is 19.7 Å². The third-order valence-corrected chi connectivity index (χ3v) is 8.54. The summed E-state index contributed by atoms with van der Waals surface area (Å²) >= 11 is 1.54. The Morgan fingerprint density at radius 1 is 0.907 bits per heavy atom. The number of non-ortho nitro benzene ring substituents is 1. The molecule has 0 aromatic heterocycles. The van der Waals surface area contributed by atoms with Gasteiger partial charge in [-0.1, -0.05) is 30.0 Å². The van der Waals surface area contributed by atoms with Crippen molar-refractivity contribution in [1.82, 2.24) is 9.80 Å². The molecule has 4 aromatic carbocycles. The van der Waals surface area contributed by atoms with E-state index >= 15 is 0 Å². The van der Waals surface area contributed by atoms with Crippen LogP contribution in [0.5, 0.6) is 0 Å². The first-order valence-corrected chi connectivity index (χ1v) is 14.8. The van der Waals surface area contributed by atoms with Crippen LogP contribution in [0.3, 0.4) is 0 Å². The van der Waals surface area contributed by atoms with Gasteiger partial charge in [0, 0.05) is 59.2 Å². The summed E-state index contributed by atoms with van der Waals surface area (Å²) in [6, 6.07) is 26.8. The summed E-state index contributed by atoms with van der Waals surface area (Å²) in [5, 5.41) is 14.1. The second-order valence-electron chi connectivity index (χ2n) is 10.2. The van der Waals surface area contributed by atoms with Gasteiger partial charge in [0.2, 0.25) is 0 Å². The Labute approximate surface area is 253 Å². The largest absolute Gasteiger partial charge is 0.339 e. The maximum atomic E-state index is 13.2. The Morgan fingerprint density at radius 2 is 1.56 bits per heavy atom. The number of carbonyl (C=O) groups excluding carboxylic acids is 2. The maximum absolute atomic E-state index is 13.2. The van der Waals surface area contributed by atoms with Gasteiger partial charge in [-0.25, -0.2) is 0 Å². The minimum Gasteiger partial charge on any atom is -0.339 e. The van der Waals surface area contributed by atoms with E-state index in [0.29, 0.717) is 55.8 Å². The van der Waals surface area contributed by atoms with Crippen LogP contribution in [0.1, 0.15) is 44.3 Å². The van der Waals surface area contributed by atoms with E-state index < -0.39 is 4.92 Å². The summed E-state index contributed by atoms with van der Waals surface area (Å²) in [6.07, 6.45) is 1.34. The number of hydrogen-bond acceptors (Lipinski definition) is 7. The summed E-state index contributed by atoms with van der Waals surface area (Å²) in [6.45, 7) is 4.00. The predicted octanol–water partition coefficient (Wildman–Crippen LogP) is 7.05. The van der Waals surface area contributed by atoms with E-state index in [2.05, 4.69) is 5.18 Å². The lowest BCUT2D eigenvalue weighted by Crippen LogP contribution is -2.35. The molecule has 43 heavy (non-hydrogen) atoms. The van der Waals surface area contributed by atoms with Crippen LogP contribution in [0.4, 0.5) is 11.4 Å². The number of likely N-dealkylation sites (N-methyl/N-ethyl adjacent to an activating group) is 1. The third-order valence-electron chi connectivity index (χ3n) is 7.52. The molecule has 0 unspecified atom stereocenters. The molecule has 0 radical (unpaired) electrons. The molecule has 10 heteroatoms. The second kappa shape index (κ2) is 13.4. The minimum atomic E-state index is -0.415. The fourth-order valence-corrected chi connectivity index (χ4v) is 5.87. The first kappa shape index (κ1) is 29.7. The molecule has 0 aliphatic carbocycles. The molecule has 0 saturated carbocycles. The van der Waals surface area contributed by atoms with Crippen LogP contribution >= 0.6 is 11.8 Å². The third kappa shape index (κ3) is 7.15. The highest BCUT2D eigenvalue weighted by Crippen LogP contribution is 2.29. The molecule has 0 spiro atoms. The van der Waals surface area contributed by atoms with Crippen molar-refractivity contribution in [1.29, 1.82) is 0 Å². The van der Waals surface area contributed by atoms with Gasteiger partial charge in [0.25, 0.3) is 17.5 Å². The van der Waals surface area contributed by atoms with Crippen LogP contribution in [-0.4, -0.2) is 46.2 Å². The van der Waals surface area contributed by atoms with Gasteiger partial charge < -0.3 is 9.80 Å². The quantitative estimate of drug-likeness (QED) is 0.110. The lowest BCUT2D eigenvalue weighted by Gasteiger charge is -2.28. The van der Waals surface area contributed by atoms with Crippen LogP contribution in [0.2, 0.25) is 0 Å². The van der Waals surface area contributed by atoms with Crippen molar-refractivity contribution in [3.8, 4) is 0 Å². The first-order chi connectivity index (χ1) is 20.8. The predicted molar refractivity (Wildman–Crippen MR) is 166 cm³/mol. The smallest absolute Gasteiger partial charge is 0.269 e. The monoisotopic (exact) mass is 594 g/mol. The van der Waals surface area contributed by atoms with Gasteiger partial charge in [-0.15, -0.1) is 4.91 Å². The van der Waals surface area contributed by atoms with Gasteiger partial charge >= 0.3 is 0 Å². The van der Waals surface area contributed by atoms with Crippen molar-refractivity contribution in [3.63, 3.8) is 0 Å². The number of nitro groups is 1. The number of carbonyl (C=O) groups is 2. The lowest BCUT2D eigenvalue weighted by atomic mass is 9.98. The Kier molecular flexibility index (Phi) is 9.26. The van der Waals surface area contributed by atoms with E-state index in [9.17, 15) is 24.6 Å². The Hall–Kier alpha value is -4.83. The average Bonchev–Trinajstić information content (AvgIpc) is 3.05. The van der Waals surface area contributed by atoms with Gasteiger partial charge in [-0.2, -0.15) is 0 Å². The molecule has 0 atom stereocenters. The van der Waals surface area contributed by atoms with Crippen LogP contribution < -0.4 is 0 Å². The number of hydrogen-bond donors (Lipinski definition) is 0. The summed E-state index contributed by atoms with van der Waals surface area (Å²) < 4.78 is 0. The molecule has 2 amide bonds. The number of amides is 2. The highest BCUT2D eigenvalue weighted by atomic mass is 32.2. The van der Waals surface area contributed by atoms with E-state index in [0.717, 1.165) is 26.5 Å². The molecular formula is C33H30N4O5S. The van der Waals surface area contributed by atoms with Crippen molar-refractivity contribution < 1.29 is 14.5 Å². The number of fused-ring (bicyclic) bond motifs is 1.